The number of carbonyl (C=O) groups is 2. The summed E-state index contributed by atoms with van der Waals surface area (Å²) in [5, 5.41) is 0. The Morgan fingerprint density at radius 1 is 0.833 bits per heavy atom. The molecule has 3 N–H and O–H groups in total. The summed E-state index contributed by atoms with van der Waals surface area (Å²) in [4.78, 5) is 27.9. The number of esters is 1. The average Bonchev–Trinajstić information content (AvgIpc) is 2.91. The molecule has 4 atom stereocenters. The maximum absolute atomic E-state index is 11.5. The van der Waals surface area contributed by atoms with E-state index in [4.69, 9.17) is 10.6 Å². The molecule has 196 valence electrons. The summed E-state index contributed by atoms with van der Waals surface area (Å²) in [6.07, 6.45) is 3.58. The molecule has 7 heteroatoms. The number of ether oxygens (including phenoxy) is 1. The van der Waals surface area contributed by atoms with Crippen LogP contribution in [0.1, 0.15) is 50.7 Å². The van der Waals surface area contributed by atoms with Gasteiger partial charge in [-0.1, -0.05) is 60.7 Å². The molecule has 2 aromatic rings. The Hall–Kier alpha value is -2.74. The highest BCUT2D eigenvalue weighted by Crippen LogP contribution is 2.26. The standard InChI is InChI=1S/C15H21NO2.C14H21N3O/c1-12-10-14(15(17)18-2)8-9-16(12)11-13-6-4-3-5-7-13;1-11-9-13(14(18)16-15)7-8-17(11)10-12-5-3-2-4-6-12/h3-7,12,14H,8-11H2,1-2H3;2-6,11,13H,7-10,15H2,1H3,(H,16,18)/t12-,14-;11-,13-/m00/s1. The lowest BCUT2D eigenvalue weighted by atomic mass is 9.90. The van der Waals surface area contributed by atoms with Gasteiger partial charge in [-0.15, -0.1) is 0 Å². The van der Waals surface area contributed by atoms with Gasteiger partial charge in [0.05, 0.1) is 13.0 Å². The predicted octanol–water partition coefficient (Wildman–Crippen LogP) is 3.74. The predicted molar refractivity (Wildman–Crippen MR) is 142 cm³/mol. The fraction of sp³-hybridized carbons (Fsp3) is 0.517. The zero-order valence-electron chi connectivity index (χ0n) is 21.9. The Bertz CT molecular complexity index is 863. The molecule has 2 aromatic carbocycles. The fourth-order valence-corrected chi connectivity index (χ4v) is 5.28. The van der Waals surface area contributed by atoms with Crippen LogP contribution in [-0.2, 0) is 27.4 Å². The van der Waals surface area contributed by atoms with Gasteiger partial charge in [-0.3, -0.25) is 24.8 Å². The normalized spacial score (nSPS) is 24.8. The number of nitrogens with one attached hydrogen (secondary N) is 1. The van der Waals surface area contributed by atoms with Gasteiger partial charge < -0.3 is 4.74 Å². The third kappa shape index (κ3) is 8.15. The molecule has 2 aliphatic rings. The van der Waals surface area contributed by atoms with Gasteiger partial charge >= 0.3 is 5.97 Å². The second-order valence-corrected chi connectivity index (χ2v) is 10.1. The van der Waals surface area contributed by atoms with Crippen molar-refractivity contribution in [2.75, 3.05) is 20.2 Å². The first-order valence-corrected chi connectivity index (χ1v) is 13.1. The molecule has 2 saturated heterocycles. The highest BCUT2D eigenvalue weighted by Gasteiger charge is 2.30. The van der Waals surface area contributed by atoms with Gasteiger partial charge in [0.25, 0.3) is 0 Å². The molecule has 0 aliphatic carbocycles. The fourth-order valence-electron chi connectivity index (χ4n) is 5.28. The van der Waals surface area contributed by atoms with Crippen LogP contribution in [0.5, 0.6) is 0 Å². The molecule has 0 radical (unpaired) electrons. The minimum Gasteiger partial charge on any atom is -0.469 e. The van der Waals surface area contributed by atoms with Crippen molar-refractivity contribution in [3.05, 3.63) is 71.8 Å². The van der Waals surface area contributed by atoms with Gasteiger partial charge in [0.1, 0.15) is 0 Å². The van der Waals surface area contributed by atoms with Crippen LogP contribution < -0.4 is 11.3 Å². The minimum absolute atomic E-state index is 0.0267. The second kappa shape index (κ2) is 14.1. The topological polar surface area (TPSA) is 87.9 Å². The van der Waals surface area contributed by atoms with E-state index in [2.05, 4.69) is 77.6 Å². The summed E-state index contributed by atoms with van der Waals surface area (Å²) < 4.78 is 4.83. The summed E-state index contributed by atoms with van der Waals surface area (Å²) in [7, 11) is 1.48. The van der Waals surface area contributed by atoms with Crippen molar-refractivity contribution in [3.63, 3.8) is 0 Å². The van der Waals surface area contributed by atoms with Crippen LogP contribution in [0.4, 0.5) is 0 Å². The van der Waals surface area contributed by atoms with Gasteiger partial charge in [-0.2, -0.15) is 0 Å². The minimum atomic E-state index is -0.0544. The number of hydrogen-bond donors (Lipinski definition) is 2. The summed E-state index contributed by atoms with van der Waals surface area (Å²) in [5.74, 6) is 5.26. The van der Waals surface area contributed by atoms with E-state index in [-0.39, 0.29) is 23.7 Å². The van der Waals surface area contributed by atoms with E-state index in [1.165, 1.54) is 18.2 Å². The SMILES string of the molecule is COC(=O)[C@H]1CCN(Cc2ccccc2)[C@@H](C)C1.C[C@H]1C[C@@H](C(=O)NN)CCN1Cc1ccccc1. The maximum Gasteiger partial charge on any atom is 0.308 e. The molecule has 2 heterocycles. The lowest BCUT2D eigenvalue weighted by molar-refractivity contribution is -0.147. The first kappa shape index (κ1) is 27.8. The number of hydrogen-bond acceptors (Lipinski definition) is 6. The van der Waals surface area contributed by atoms with E-state index in [1.54, 1.807) is 0 Å². The van der Waals surface area contributed by atoms with Gasteiger partial charge in [-0.25, -0.2) is 5.84 Å². The summed E-state index contributed by atoms with van der Waals surface area (Å²) in [5.41, 5.74) is 4.92. The van der Waals surface area contributed by atoms with Crippen LogP contribution in [0.15, 0.2) is 60.7 Å². The highest BCUT2D eigenvalue weighted by molar-refractivity contribution is 5.78. The number of hydrazine groups is 1. The van der Waals surface area contributed by atoms with Crippen LogP contribution in [0.3, 0.4) is 0 Å². The van der Waals surface area contributed by atoms with Crippen LogP contribution >= 0.6 is 0 Å². The lowest BCUT2D eigenvalue weighted by Crippen LogP contribution is -2.46. The maximum atomic E-state index is 11.5. The third-order valence-electron chi connectivity index (χ3n) is 7.53. The van der Waals surface area contributed by atoms with Crippen molar-refractivity contribution in [1.29, 1.82) is 0 Å². The van der Waals surface area contributed by atoms with Crippen molar-refractivity contribution in [2.24, 2.45) is 17.7 Å². The van der Waals surface area contributed by atoms with Gasteiger partial charge in [0, 0.05) is 31.1 Å². The van der Waals surface area contributed by atoms with E-state index in [9.17, 15) is 9.59 Å². The smallest absolute Gasteiger partial charge is 0.308 e. The number of benzene rings is 2. The molecule has 2 aliphatic heterocycles. The molecule has 0 spiro atoms. The second-order valence-electron chi connectivity index (χ2n) is 10.1. The average molecular weight is 495 g/mol. The number of methoxy groups -OCH3 is 1. The lowest BCUT2D eigenvalue weighted by Gasteiger charge is -2.36. The molecule has 0 bridgehead atoms. The molecule has 0 saturated carbocycles. The first-order valence-electron chi connectivity index (χ1n) is 13.1. The Labute approximate surface area is 216 Å². The van der Waals surface area contributed by atoms with Crippen LogP contribution in [0, 0.1) is 11.8 Å². The Balaban J connectivity index is 0.000000201. The Kier molecular flexibility index (Phi) is 10.9. The highest BCUT2D eigenvalue weighted by atomic mass is 16.5. The molecular formula is C29H42N4O3. The van der Waals surface area contributed by atoms with Crippen molar-refractivity contribution >= 4 is 11.9 Å². The molecule has 0 unspecified atom stereocenters. The number of likely N-dealkylation sites (tertiary alicyclic amines) is 2. The Morgan fingerprint density at radius 2 is 1.28 bits per heavy atom. The molecule has 1 amide bonds. The number of piperidine rings is 2. The summed E-state index contributed by atoms with van der Waals surface area (Å²) in [6.45, 7) is 8.22. The molecule has 0 aromatic heterocycles. The van der Waals surface area contributed by atoms with Gasteiger partial charge in [0.15, 0.2) is 0 Å². The molecular weight excluding hydrogens is 452 g/mol. The Morgan fingerprint density at radius 3 is 1.69 bits per heavy atom. The number of nitrogens with two attached hydrogens (primary N) is 1. The van der Waals surface area contributed by atoms with Gasteiger partial charge in [0.2, 0.25) is 5.91 Å². The molecule has 2 fully saturated rings. The monoisotopic (exact) mass is 494 g/mol. The molecule has 7 nitrogen and oxygen atoms in total. The number of nitrogens with zero attached hydrogens (tertiary/aromatic N) is 2. The van der Waals surface area contributed by atoms with E-state index >= 15 is 0 Å². The van der Waals surface area contributed by atoms with Crippen molar-refractivity contribution in [3.8, 4) is 0 Å². The van der Waals surface area contributed by atoms with Crippen molar-refractivity contribution in [2.45, 2.75) is 64.7 Å². The van der Waals surface area contributed by atoms with Crippen LogP contribution in [0.2, 0.25) is 0 Å². The van der Waals surface area contributed by atoms with E-state index in [1.807, 2.05) is 12.1 Å². The summed E-state index contributed by atoms with van der Waals surface area (Å²) in [6, 6.07) is 21.8. The first-order chi connectivity index (χ1) is 17.4. The number of rotatable bonds is 6. The van der Waals surface area contributed by atoms with E-state index in [0.717, 1.165) is 51.9 Å². The van der Waals surface area contributed by atoms with Crippen LogP contribution in [-0.4, -0.2) is 54.0 Å². The number of amides is 1. The van der Waals surface area contributed by atoms with Crippen molar-refractivity contribution in [1.82, 2.24) is 15.2 Å². The van der Waals surface area contributed by atoms with Crippen LogP contribution in [0.25, 0.3) is 0 Å². The molecule has 4 rings (SSSR count). The third-order valence-corrected chi connectivity index (χ3v) is 7.53. The zero-order chi connectivity index (χ0) is 25.9. The zero-order valence-corrected chi connectivity index (χ0v) is 21.9. The van der Waals surface area contributed by atoms with E-state index in [0.29, 0.717) is 12.1 Å². The van der Waals surface area contributed by atoms with Crippen molar-refractivity contribution < 1.29 is 14.3 Å². The largest absolute Gasteiger partial charge is 0.469 e. The van der Waals surface area contributed by atoms with Gasteiger partial charge in [-0.05, 0) is 63.7 Å². The summed E-state index contributed by atoms with van der Waals surface area (Å²) >= 11 is 0. The number of carbonyl (C=O) groups excluding carboxylic acids is 2. The van der Waals surface area contributed by atoms with E-state index < -0.39 is 0 Å². The quantitative estimate of drug-likeness (QED) is 0.275. The molecule has 36 heavy (non-hydrogen) atoms.